The fourth-order valence-electron chi connectivity index (χ4n) is 8.31. The molecule has 1 amide bonds. The molecule has 4 aliphatic rings. The van der Waals surface area contributed by atoms with Gasteiger partial charge in [-0.2, -0.15) is 0 Å². The molecule has 0 aliphatic heterocycles. The lowest BCUT2D eigenvalue weighted by Crippen LogP contribution is -2.53. The smallest absolute Gasteiger partial charge is 0.224 e. The zero-order chi connectivity index (χ0) is 22.7. The van der Waals surface area contributed by atoms with E-state index in [9.17, 15) is 9.59 Å². The maximum Gasteiger partial charge on any atom is 0.224 e. The van der Waals surface area contributed by atoms with Gasteiger partial charge in [-0.25, -0.2) is 0 Å². The lowest BCUT2D eigenvalue weighted by Gasteiger charge is -2.58. The van der Waals surface area contributed by atoms with E-state index in [-0.39, 0.29) is 28.2 Å². The topological polar surface area (TPSA) is 46.2 Å². The summed E-state index contributed by atoms with van der Waals surface area (Å²) in [5.74, 6) is 2.69. The zero-order valence-corrected chi connectivity index (χ0v) is 20.2. The first kappa shape index (κ1) is 21.9. The number of carbonyl (C=O) groups is 2. The molecule has 4 aliphatic carbocycles. The highest BCUT2D eigenvalue weighted by Gasteiger charge is 2.60. The molecule has 0 heterocycles. The fourth-order valence-corrected chi connectivity index (χ4v) is 8.31. The van der Waals surface area contributed by atoms with Crippen LogP contribution in [0.25, 0.3) is 0 Å². The SMILES string of the molecule is CC(C)(NC(=O)[C@H]1CCC2C3CCC4=CC(=O)CC[C@]4(C)C3CC[C@@]21C)c1ccccc1. The molecular weight excluding hydrogens is 394 g/mol. The Labute approximate surface area is 193 Å². The molecule has 172 valence electrons. The van der Waals surface area contributed by atoms with Crippen molar-refractivity contribution >= 4 is 11.7 Å². The number of nitrogens with one attached hydrogen (secondary N) is 1. The van der Waals surface area contributed by atoms with Gasteiger partial charge >= 0.3 is 0 Å². The molecule has 32 heavy (non-hydrogen) atoms. The van der Waals surface area contributed by atoms with Crippen molar-refractivity contribution in [2.24, 2.45) is 34.5 Å². The summed E-state index contributed by atoms with van der Waals surface area (Å²) in [7, 11) is 0. The number of hydrogen-bond acceptors (Lipinski definition) is 2. The molecular formula is C29H39NO2. The summed E-state index contributed by atoms with van der Waals surface area (Å²) in [4.78, 5) is 25.7. The molecule has 0 spiro atoms. The second-order valence-corrected chi connectivity index (χ2v) is 12.1. The van der Waals surface area contributed by atoms with Gasteiger partial charge in [-0.3, -0.25) is 9.59 Å². The molecule has 6 atom stereocenters. The number of amides is 1. The quantitative estimate of drug-likeness (QED) is 0.618. The summed E-state index contributed by atoms with van der Waals surface area (Å²) in [6.07, 6.45) is 10.5. The molecule has 3 heteroatoms. The first-order valence-electron chi connectivity index (χ1n) is 12.8. The minimum Gasteiger partial charge on any atom is -0.347 e. The molecule has 3 fully saturated rings. The summed E-state index contributed by atoms with van der Waals surface area (Å²) in [6.45, 7) is 9.09. The van der Waals surface area contributed by atoms with Gasteiger partial charge in [0.05, 0.1) is 5.54 Å². The average Bonchev–Trinajstić information content (AvgIpc) is 3.12. The Morgan fingerprint density at radius 3 is 2.47 bits per heavy atom. The molecule has 1 N–H and O–H groups in total. The highest BCUT2D eigenvalue weighted by molar-refractivity contribution is 5.91. The zero-order valence-electron chi connectivity index (χ0n) is 20.2. The van der Waals surface area contributed by atoms with Crippen LogP contribution in [0, 0.1) is 34.5 Å². The van der Waals surface area contributed by atoms with Crippen molar-refractivity contribution < 1.29 is 9.59 Å². The normalized spacial score (nSPS) is 38.9. The van der Waals surface area contributed by atoms with Crippen molar-refractivity contribution in [1.29, 1.82) is 0 Å². The highest BCUT2D eigenvalue weighted by Crippen LogP contribution is 2.66. The number of benzene rings is 1. The van der Waals surface area contributed by atoms with Crippen LogP contribution >= 0.6 is 0 Å². The predicted molar refractivity (Wildman–Crippen MR) is 128 cm³/mol. The Balaban J connectivity index is 1.36. The second kappa shape index (κ2) is 7.57. The Hall–Kier alpha value is -1.90. The van der Waals surface area contributed by atoms with Crippen LogP contribution in [-0.4, -0.2) is 11.7 Å². The minimum atomic E-state index is -0.364. The standard InChI is InChI=1S/C29H39NO2/c1-27(2,19-8-6-5-7-9-19)30-26(32)25-13-12-23-22-11-10-20-18-21(31)14-16-28(20,3)24(22)15-17-29(23,25)4/h5-9,18,22-25H,10-17H2,1-4H3,(H,30,32)/t22?,23?,24?,25-,28+,29+/m1/s1. The van der Waals surface area contributed by atoms with Crippen molar-refractivity contribution in [3.63, 3.8) is 0 Å². The number of fused-ring (bicyclic) bond motifs is 5. The highest BCUT2D eigenvalue weighted by atomic mass is 16.2. The first-order chi connectivity index (χ1) is 15.1. The fraction of sp³-hybridized carbons (Fsp3) is 0.655. The van der Waals surface area contributed by atoms with Crippen LogP contribution in [0.15, 0.2) is 42.0 Å². The summed E-state index contributed by atoms with van der Waals surface area (Å²) in [6, 6.07) is 10.3. The van der Waals surface area contributed by atoms with E-state index >= 15 is 0 Å². The molecule has 0 radical (unpaired) electrons. The number of ketones is 1. The van der Waals surface area contributed by atoms with E-state index < -0.39 is 0 Å². The summed E-state index contributed by atoms with van der Waals surface area (Å²) >= 11 is 0. The van der Waals surface area contributed by atoms with Gasteiger partial charge in [-0.1, -0.05) is 49.8 Å². The van der Waals surface area contributed by atoms with Crippen molar-refractivity contribution in [2.75, 3.05) is 0 Å². The summed E-state index contributed by atoms with van der Waals surface area (Å²) < 4.78 is 0. The number of allylic oxidation sites excluding steroid dienone is 1. The molecule has 3 unspecified atom stereocenters. The van der Waals surface area contributed by atoms with E-state index in [1.807, 2.05) is 24.3 Å². The summed E-state index contributed by atoms with van der Waals surface area (Å²) in [5.41, 5.74) is 2.52. The van der Waals surface area contributed by atoms with Crippen molar-refractivity contribution in [1.82, 2.24) is 5.32 Å². The van der Waals surface area contributed by atoms with Gasteiger partial charge in [-0.05, 0) is 99.0 Å². The van der Waals surface area contributed by atoms with Gasteiger partial charge < -0.3 is 5.32 Å². The molecule has 5 rings (SSSR count). The molecule has 1 aromatic carbocycles. The van der Waals surface area contributed by atoms with Crippen LogP contribution in [0.4, 0.5) is 0 Å². The largest absolute Gasteiger partial charge is 0.347 e. The van der Waals surface area contributed by atoms with Crippen LogP contribution in [0.3, 0.4) is 0 Å². The van der Waals surface area contributed by atoms with Crippen LogP contribution in [0.1, 0.15) is 84.6 Å². The molecule has 0 aromatic heterocycles. The Kier molecular flexibility index (Phi) is 5.18. The number of carbonyl (C=O) groups excluding carboxylic acids is 2. The summed E-state index contributed by atoms with van der Waals surface area (Å²) in [5, 5.41) is 3.42. The van der Waals surface area contributed by atoms with Gasteiger partial charge in [0.15, 0.2) is 5.78 Å². The van der Waals surface area contributed by atoms with Crippen LogP contribution in [0.2, 0.25) is 0 Å². The molecule has 3 saturated carbocycles. The Morgan fingerprint density at radius 1 is 0.969 bits per heavy atom. The molecule has 3 nitrogen and oxygen atoms in total. The third-order valence-electron chi connectivity index (χ3n) is 10.2. The monoisotopic (exact) mass is 433 g/mol. The number of hydrogen-bond donors (Lipinski definition) is 1. The molecule has 0 bridgehead atoms. The Bertz CT molecular complexity index is 947. The van der Waals surface area contributed by atoms with Crippen LogP contribution < -0.4 is 5.32 Å². The van der Waals surface area contributed by atoms with E-state index in [1.54, 1.807) is 0 Å². The third-order valence-corrected chi connectivity index (χ3v) is 10.2. The maximum absolute atomic E-state index is 13.6. The van der Waals surface area contributed by atoms with Crippen molar-refractivity contribution in [3.8, 4) is 0 Å². The minimum absolute atomic E-state index is 0.0973. The van der Waals surface area contributed by atoms with Gasteiger partial charge in [0.25, 0.3) is 0 Å². The molecule has 0 saturated heterocycles. The van der Waals surface area contributed by atoms with Crippen LogP contribution in [0.5, 0.6) is 0 Å². The third kappa shape index (κ3) is 3.30. The number of rotatable bonds is 3. The molecule has 1 aromatic rings. The average molecular weight is 434 g/mol. The van der Waals surface area contributed by atoms with Gasteiger partial charge in [0, 0.05) is 12.3 Å². The lowest BCUT2D eigenvalue weighted by molar-refractivity contribution is -0.134. The van der Waals surface area contributed by atoms with Crippen LogP contribution in [-0.2, 0) is 15.1 Å². The van der Waals surface area contributed by atoms with E-state index in [4.69, 9.17) is 0 Å². The Morgan fingerprint density at radius 2 is 1.72 bits per heavy atom. The van der Waals surface area contributed by atoms with E-state index in [0.29, 0.717) is 30.0 Å². The maximum atomic E-state index is 13.6. The van der Waals surface area contributed by atoms with Gasteiger partial charge in [0.2, 0.25) is 5.91 Å². The predicted octanol–water partition coefficient (Wildman–Crippen LogP) is 6.19. The van der Waals surface area contributed by atoms with Crippen molar-refractivity contribution in [3.05, 3.63) is 47.5 Å². The van der Waals surface area contributed by atoms with E-state index in [2.05, 4.69) is 45.1 Å². The van der Waals surface area contributed by atoms with Crippen molar-refractivity contribution in [2.45, 2.75) is 84.6 Å². The first-order valence-corrected chi connectivity index (χ1v) is 12.8. The lowest BCUT2D eigenvalue weighted by atomic mass is 9.47. The van der Waals surface area contributed by atoms with Gasteiger partial charge in [0.1, 0.15) is 0 Å². The van der Waals surface area contributed by atoms with E-state index in [0.717, 1.165) is 31.2 Å². The van der Waals surface area contributed by atoms with Gasteiger partial charge in [-0.15, -0.1) is 0 Å². The second-order valence-electron chi connectivity index (χ2n) is 12.1. The van der Waals surface area contributed by atoms with E-state index in [1.165, 1.54) is 24.8 Å².